The lowest BCUT2D eigenvalue weighted by Gasteiger charge is -2.15. The summed E-state index contributed by atoms with van der Waals surface area (Å²) in [5, 5.41) is 1.81. The Morgan fingerprint density at radius 1 is 0.962 bits per heavy atom. The fourth-order valence-corrected chi connectivity index (χ4v) is 4.52. The van der Waals surface area contributed by atoms with Gasteiger partial charge in [0.2, 0.25) is 5.91 Å². The second kappa shape index (κ2) is 7.49. The van der Waals surface area contributed by atoms with Gasteiger partial charge in [0.1, 0.15) is 16.6 Å². The molecule has 2 aromatic carbocycles. The number of fused-ring (bicyclic) bond motifs is 2. The van der Waals surface area contributed by atoms with Gasteiger partial charge in [-0.2, -0.15) is 0 Å². The van der Waals surface area contributed by atoms with Crippen molar-refractivity contribution in [3.8, 4) is 0 Å². The number of ether oxygens (including phenoxy) is 1. The van der Waals surface area contributed by atoms with E-state index in [0.717, 1.165) is 30.4 Å². The highest BCUT2D eigenvalue weighted by Crippen LogP contribution is 2.23. The Hall–Kier alpha value is -2.35. The zero-order chi connectivity index (χ0) is 17.9. The van der Waals surface area contributed by atoms with Crippen molar-refractivity contribution in [1.29, 1.82) is 0 Å². The number of nitrogens with zero attached hydrogens (tertiary/aromatic N) is 3. The Labute approximate surface area is 158 Å². The number of thiazole rings is 2. The first-order valence-electron chi connectivity index (χ1n) is 8.19. The number of hydrogen-bond acceptors (Lipinski definition) is 6. The molecule has 2 aromatic heterocycles. The summed E-state index contributed by atoms with van der Waals surface area (Å²) in [5.74, 6) is -0.0645. The van der Waals surface area contributed by atoms with Gasteiger partial charge in [0.15, 0.2) is 0 Å². The molecular formula is C19H17N3O2S2. The Bertz CT molecular complexity index is 991. The number of likely N-dealkylation sites (N-methyl/N-ethyl adjacent to an activating group) is 1. The van der Waals surface area contributed by atoms with Crippen molar-refractivity contribution >= 4 is 49.0 Å². The van der Waals surface area contributed by atoms with E-state index in [9.17, 15) is 4.79 Å². The minimum Gasteiger partial charge on any atom is -0.364 e. The van der Waals surface area contributed by atoms with Gasteiger partial charge >= 0.3 is 0 Å². The molecule has 0 saturated heterocycles. The minimum atomic E-state index is -0.0645. The maximum Gasteiger partial charge on any atom is 0.248 e. The number of amides is 1. The van der Waals surface area contributed by atoms with E-state index in [1.54, 1.807) is 34.6 Å². The average molecular weight is 383 g/mol. The van der Waals surface area contributed by atoms with E-state index in [0.29, 0.717) is 13.2 Å². The highest BCUT2D eigenvalue weighted by atomic mass is 32.1. The predicted octanol–water partition coefficient (Wildman–Crippen LogP) is 4.08. The van der Waals surface area contributed by atoms with Crippen LogP contribution in [0.4, 0.5) is 0 Å². The monoisotopic (exact) mass is 383 g/mol. The maximum atomic E-state index is 12.3. The molecule has 0 aliphatic carbocycles. The van der Waals surface area contributed by atoms with Crippen LogP contribution in [0.25, 0.3) is 20.4 Å². The van der Waals surface area contributed by atoms with Crippen LogP contribution in [-0.2, 0) is 22.7 Å². The van der Waals surface area contributed by atoms with Crippen molar-refractivity contribution in [3.05, 3.63) is 58.5 Å². The largest absolute Gasteiger partial charge is 0.364 e. The summed E-state index contributed by atoms with van der Waals surface area (Å²) >= 11 is 3.20. The number of carbonyl (C=O) groups is 1. The van der Waals surface area contributed by atoms with Crippen molar-refractivity contribution < 1.29 is 9.53 Å². The first-order chi connectivity index (χ1) is 12.7. The van der Waals surface area contributed by atoms with Crippen LogP contribution in [0.3, 0.4) is 0 Å². The molecule has 0 fully saturated rings. The lowest BCUT2D eigenvalue weighted by atomic mass is 10.3. The van der Waals surface area contributed by atoms with Crippen LogP contribution >= 0.6 is 22.7 Å². The summed E-state index contributed by atoms with van der Waals surface area (Å²) in [7, 11) is 1.77. The van der Waals surface area contributed by atoms with Crippen molar-refractivity contribution in [3.63, 3.8) is 0 Å². The van der Waals surface area contributed by atoms with E-state index in [1.807, 2.05) is 48.5 Å². The highest BCUT2D eigenvalue weighted by Gasteiger charge is 2.13. The molecule has 7 heteroatoms. The lowest BCUT2D eigenvalue weighted by molar-refractivity contribution is -0.135. The quantitative estimate of drug-likeness (QED) is 0.503. The summed E-state index contributed by atoms with van der Waals surface area (Å²) in [6, 6.07) is 16.0. The third-order valence-electron chi connectivity index (χ3n) is 3.93. The molecule has 0 aliphatic rings. The van der Waals surface area contributed by atoms with Crippen LogP contribution in [0.2, 0.25) is 0 Å². The average Bonchev–Trinajstić information content (AvgIpc) is 3.24. The molecule has 2 heterocycles. The molecule has 0 radical (unpaired) electrons. The number of aromatic nitrogens is 2. The molecule has 0 bridgehead atoms. The molecule has 0 aliphatic heterocycles. The molecule has 4 rings (SSSR count). The number of carbonyl (C=O) groups excluding carboxylic acids is 1. The fourth-order valence-electron chi connectivity index (χ4n) is 2.60. The summed E-state index contributed by atoms with van der Waals surface area (Å²) in [6.07, 6.45) is 0. The second-order valence-electron chi connectivity index (χ2n) is 5.89. The molecule has 0 N–H and O–H groups in total. The van der Waals surface area contributed by atoms with Crippen LogP contribution in [0, 0.1) is 0 Å². The Morgan fingerprint density at radius 2 is 1.54 bits per heavy atom. The summed E-state index contributed by atoms with van der Waals surface area (Å²) in [6.45, 7) is 0.875. The van der Waals surface area contributed by atoms with Crippen LogP contribution in [0.1, 0.15) is 10.0 Å². The van der Waals surface area contributed by atoms with E-state index in [2.05, 4.69) is 9.97 Å². The van der Waals surface area contributed by atoms with Crippen LogP contribution < -0.4 is 0 Å². The van der Waals surface area contributed by atoms with Gasteiger partial charge in [-0.25, -0.2) is 9.97 Å². The van der Waals surface area contributed by atoms with Crippen molar-refractivity contribution in [2.75, 3.05) is 13.7 Å². The van der Waals surface area contributed by atoms with Crippen LogP contribution in [0.15, 0.2) is 48.5 Å². The van der Waals surface area contributed by atoms with Crippen molar-refractivity contribution in [1.82, 2.24) is 14.9 Å². The normalized spacial score (nSPS) is 11.3. The molecule has 0 saturated carbocycles. The van der Waals surface area contributed by atoms with Gasteiger partial charge in [0.25, 0.3) is 0 Å². The zero-order valence-electron chi connectivity index (χ0n) is 14.2. The molecule has 0 spiro atoms. The van der Waals surface area contributed by atoms with Crippen LogP contribution in [-0.4, -0.2) is 34.4 Å². The van der Waals surface area contributed by atoms with Gasteiger partial charge in [0, 0.05) is 7.05 Å². The first kappa shape index (κ1) is 17.1. The van der Waals surface area contributed by atoms with Crippen molar-refractivity contribution in [2.45, 2.75) is 13.2 Å². The van der Waals surface area contributed by atoms with E-state index in [1.165, 1.54) is 0 Å². The van der Waals surface area contributed by atoms with Crippen molar-refractivity contribution in [2.24, 2.45) is 0 Å². The van der Waals surface area contributed by atoms with Gasteiger partial charge in [-0.15, -0.1) is 22.7 Å². The Morgan fingerprint density at radius 3 is 2.19 bits per heavy atom. The summed E-state index contributed by atoms with van der Waals surface area (Å²) in [5.41, 5.74) is 1.94. The Kier molecular flexibility index (Phi) is 4.92. The number of hydrogen-bond donors (Lipinski definition) is 0. The van der Waals surface area contributed by atoms with E-state index in [-0.39, 0.29) is 12.5 Å². The lowest BCUT2D eigenvalue weighted by Crippen LogP contribution is -2.29. The molecule has 5 nitrogen and oxygen atoms in total. The zero-order valence-corrected chi connectivity index (χ0v) is 15.8. The highest BCUT2D eigenvalue weighted by molar-refractivity contribution is 7.18. The van der Waals surface area contributed by atoms with Gasteiger partial charge in [-0.05, 0) is 24.3 Å². The fraction of sp³-hybridized carbons (Fsp3) is 0.211. The predicted molar refractivity (Wildman–Crippen MR) is 105 cm³/mol. The van der Waals surface area contributed by atoms with Gasteiger partial charge in [-0.3, -0.25) is 4.79 Å². The third kappa shape index (κ3) is 3.75. The SMILES string of the molecule is CN(Cc1nc2ccccc2s1)C(=O)COCc1nc2ccccc2s1. The molecule has 1 amide bonds. The van der Waals surface area contributed by atoms with Crippen LogP contribution in [0.5, 0.6) is 0 Å². The topological polar surface area (TPSA) is 55.3 Å². The minimum absolute atomic E-state index is 0.0390. The molecule has 0 unspecified atom stereocenters. The summed E-state index contributed by atoms with van der Waals surface area (Å²) < 4.78 is 7.83. The molecule has 132 valence electrons. The smallest absolute Gasteiger partial charge is 0.248 e. The van der Waals surface area contributed by atoms with E-state index < -0.39 is 0 Å². The maximum absolute atomic E-state index is 12.3. The molecule has 4 aromatic rings. The Balaban J connectivity index is 1.31. The molecular weight excluding hydrogens is 366 g/mol. The van der Waals surface area contributed by atoms with Gasteiger partial charge in [0.05, 0.1) is 33.6 Å². The third-order valence-corrected chi connectivity index (χ3v) is 5.96. The van der Waals surface area contributed by atoms with E-state index in [4.69, 9.17) is 4.74 Å². The molecule has 0 atom stereocenters. The number of para-hydroxylation sites is 2. The number of rotatable bonds is 6. The van der Waals surface area contributed by atoms with Gasteiger partial charge in [-0.1, -0.05) is 24.3 Å². The summed E-state index contributed by atoms with van der Waals surface area (Å²) in [4.78, 5) is 23.0. The first-order valence-corrected chi connectivity index (χ1v) is 9.83. The second-order valence-corrected chi connectivity index (χ2v) is 8.12. The molecule has 26 heavy (non-hydrogen) atoms. The van der Waals surface area contributed by atoms with Gasteiger partial charge < -0.3 is 9.64 Å². The number of benzene rings is 2. The standard InChI is InChI=1S/C19H17N3O2S2/c1-22(10-17-20-13-6-2-4-8-15(13)25-17)19(23)12-24-11-18-21-14-7-3-5-9-16(14)26-18/h2-9H,10-12H2,1H3. The van der Waals surface area contributed by atoms with E-state index >= 15 is 0 Å².